The van der Waals surface area contributed by atoms with E-state index >= 15 is 0 Å². The lowest BCUT2D eigenvalue weighted by molar-refractivity contribution is -0.159. The highest BCUT2D eigenvalue weighted by atomic mass is 16.5. The van der Waals surface area contributed by atoms with E-state index in [-0.39, 0.29) is 40.5 Å². The average Bonchev–Trinajstić information content (AvgIpc) is 3.42. The summed E-state index contributed by atoms with van der Waals surface area (Å²) in [5, 5.41) is 12.6. The van der Waals surface area contributed by atoms with Gasteiger partial charge in [-0.05, 0) is 92.4 Å². The summed E-state index contributed by atoms with van der Waals surface area (Å²) in [6.07, 6.45) is 8.26. The van der Waals surface area contributed by atoms with Gasteiger partial charge in [-0.25, -0.2) is 4.79 Å². The molecule has 2 amide bonds. The first kappa shape index (κ1) is 29.0. The Bertz CT molecular complexity index is 1140. The van der Waals surface area contributed by atoms with E-state index in [4.69, 9.17) is 9.47 Å². The number of benzene rings is 1. The average molecular weight is 541 g/mol. The first-order valence-electron chi connectivity index (χ1n) is 14.2. The molecule has 1 aromatic rings. The zero-order valence-corrected chi connectivity index (χ0v) is 24.2. The van der Waals surface area contributed by atoms with E-state index in [9.17, 15) is 19.5 Å². The van der Waals surface area contributed by atoms with E-state index in [2.05, 4.69) is 33.0 Å². The van der Waals surface area contributed by atoms with Gasteiger partial charge in [0.25, 0.3) is 0 Å². The van der Waals surface area contributed by atoms with E-state index in [1.54, 1.807) is 23.1 Å². The first-order valence-corrected chi connectivity index (χ1v) is 14.2. The van der Waals surface area contributed by atoms with Crippen molar-refractivity contribution in [2.45, 2.75) is 97.2 Å². The van der Waals surface area contributed by atoms with Crippen molar-refractivity contribution in [3.8, 4) is 11.5 Å². The second-order valence-electron chi connectivity index (χ2n) is 12.8. The zero-order chi connectivity index (χ0) is 28.6. The van der Waals surface area contributed by atoms with Gasteiger partial charge >= 0.3 is 5.97 Å². The number of carbonyl (C=O) groups is 3. The molecule has 0 radical (unpaired) electrons. The van der Waals surface area contributed by atoms with Gasteiger partial charge in [0.15, 0.2) is 11.5 Å². The molecule has 0 spiro atoms. The minimum Gasteiger partial charge on any atom is -0.504 e. The molecule has 1 aromatic carbocycles. The van der Waals surface area contributed by atoms with Gasteiger partial charge in [-0.1, -0.05) is 33.8 Å². The standard InChI is InChI=1S/C31H44N2O6/c1-20(18-22-13-14-29(2,3)30(22,4)5)39-27(36)23-8-7-17-33(23)28(37)31(15-16-31)32-26(35)12-10-21-9-11-24(34)25(19-21)38-6/h9-12,19-20,22-23,34H,7-8,13-18H2,1-6H3,(H,32,35)/b12-10+. The molecule has 214 valence electrons. The normalized spacial score (nSPS) is 25.3. The van der Waals surface area contributed by atoms with Gasteiger partial charge in [0, 0.05) is 12.6 Å². The number of phenolic OH excluding ortho intramolecular Hbond substituents is 1. The molecule has 1 saturated heterocycles. The monoisotopic (exact) mass is 540 g/mol. The van der Waals surface area contributed by atoms with Crippen LogP contribution in [0.2, 0.25) is 0 Å². The minimum absolute atomic E-state index is 0.0149. The predicted molar refractivity (Wildman–Crippen MR) is 149 cm³/mol. The lowest BCUT2D eigenvalue weighted by Gasteiger charge is -2.40. The molecule has 39 heavy (non-hydrogen) atoms. The number of phenols is 1. The summed E-state index contributed by atoms with van der Waals surface area (Å²) in [6.45, 7) is 11.7. The largest absolute Gasteiger partial charge is 0.504 e. The Kier molecular flexibility index (Phi) is 8.06. The maximum Gasteiger partial charge on any atom is 0.329 e. The van der Waals surface area contributed by atoms with Crippen molar-refractivity contribution in [1.29, 1.82) is 0 Å². The molecule has 3 unspecified atom stereocenters. The Labute approximate surface area is 232 Å². The lowest BCUT2D eigenvalue weighted by Crippen LogP contribution is -2.53. The number of aromatic hydroxyl groups is 1. The third kappa shape index (κ3) is 5.94. The fraction of sp³-hybridized carbons (Fsp3) is 0.645. The van der Waals surface area contributed by atoms with Crippen LogP contribution in [0, 0.1) is 16.7 Å². The van der Waals surface area contributed by atoms with E-state index in [1.165, 1.54) is 25.7 Å². The van der Waals surface area contributed by atoms with E-state index in [0.29, 0.717) is 43.0 Å². The van der Waals surface area contributed by atoms with Crippen molar-refractivity contribution in [2.24, 2.45) is 16.7 Å². The van der Waals surface area contributed by atoms with Crippen LogP contribution >= 0.6 is 0 Å². The predicted octanol–water partition coefficient (Wildman–Crippen LogP) is 4.84. The van der Waals surface area contributed by atoms with Gasteiger partial charge in [0.2, 0.25) is 11.8 Å². The number of hydrogen-bond acceptors (Lipinski definition) is 6. The van der Waals surface area contributed by atoms with E-state index < -0.39 is 11.6 Å². The van der Waals surface area contributed by atoms with Crippen molar-refractivity contribution in [2.75, 3.05) is 13.7 Å². The van der Waals surface area contributed by atoms with Crippen LogP contribution < -0.4 is 10.1 Å². The number of likely N-dealkylation sites (tertiary alicyclic amines) is 1. The zero-order valence-electron chi connectivity index (χ0n) is 24.2. The van der Waals surface area contributed by atoms with Gasteiger partial charge in [0.05, 0.1) is 13.2 Å². The van der Waals surface area contributed by atoms with Gasteiger partial charge in [-0.3, -0.25) is 9.59 Å². The quantitative estimate of drug-likeness (QED) is 0.343. The Morgan fingerprint density at radius 2 is 1.87 bits per heavy atom. The molecule has 2 N–H and O–H groups in total. The molecule has 3 aliphatic rings. The Morgan fingerprint density at radius 1 is 1.15 bits per heavy atom. The van der Waals surface area contributed by atoms with Gasteiger partial charge in [-0.2, -0.15) is 0 Å². The molecule has 4 rings (SSSR count). The topological polar surface area (TPSA) is 105 Å². The summed E-state index contributed by atoms with van der Waals surface area (Å²) in [5.41, 5.74) is 0.132. The molecular formula is C31H44N2O6. The summed E-state index contributed by atoms with van der Waals surface area (Å²) in [6, 6.07) is 4.16. The lowest BCUT2D eigenvalue weighted by atomic mass is 9.66. The third-order valence-electron chi connectivity index (χ3n) is 9.76. The number of rotatable bonds is 9. The molecule has 0 aromatic heterocycles. The summed E-state index contributed by atoms with van der Waals surface area (Å²) < 4.78 is 11.0. The smallest absolute Gasteiger partial charge is 0.329 e. The third-order valence-corrected chi connectivity index (χ3v) is 9.76. The van der Waals surface area contributed by atoms with Crippen LogP contribution in [-0.4, -0.2) is 59.1 Å². The fourth-order valence-electron chi connectivity index (χ4n) is 6.20. The highest BCUT2D eigenvalue weighted by molar-refractivity contribution is 6.00. The van der Waals surface area contributed by atoms with Crippen LogP contribution in [0.5, 0.6) is 11.5 Å². The van der Waals surface area contributed by atoms with E-state index in [1.807, 2.05) is 6.92 Å². The van der Waals surface area contributed by atoms with Crippen molar-refractivity contribution in [3.63, 3.8) is 0 Å². The highest BCUT2D eigenvalue weighted by Gasteiger charge is 2.55. The number of hydrogen-bond donors (Lipinski definition) is 2. The van der Waals surface area contributed by atoms with Crippen LogP contribution in [0.3, 0.4) is 0 Å². The van der Waals surface area contributed by atoms with Crippen LogP contribution in [0.25, 0.3) is 6.08 Å². The summed E-state index contributed by atoms with van der Waals surface area (Å²) in [4.78, 5) is 41.0. The second-order valence-corrected chi connectivity index (χ2v) is 12.8. The van der Waals surface area contributed by atoms with Crippen molar-refractivity contribution in [3.05, 3.63) is 29.8 Å². The number of carbonyl (C=O) groups excluding carboxylic acids is 3. The number of methoxy groups -OCH3 is 1. The molecule has 2 saturated carbocycles. The van der Waals surface area contributed by atoms with Crippen LogP contribution in [0.15, 0.2) is 24.3 Å². The molecule has 0 bridgehead atoms. The Morgan fingerprint density at radius 3 is 2.49 bits per heavy atom. The number of nitrogens with one attached hydrogen (secondary N) is 1. The molecule has 8 nitrogen and oxygen atoms in total. The molecular weight excluding hydrogens is 496 g/mol. The van der Waals surface area contributed by atoms with Crippen LogP contribution in [-0.2, 0) is 19.1 Å². The maximum atomic E-state index is 13.5. The molecule has 1 aliphatic heterocycles. The Hall–Kier alpha value is -3.03. The second kappa shape index (κ2) is 10.9. The van der Waals surface area contributed by atoms with Gasteiger partial charge in [-0.15, -0.1) is 0 Å². The molecule has 3 fully saturated rings. The number of ether oxygens (including phenoxy) is 2. The number of nitrogens with zero attached hydrogens (tertiary/aromatic N) is 1. The number of amides is 2. The van der Waals surface area contributed by atoms with Crippen LogP contribution in [0.1, 0.15) is 85.1 Å². The van der Waals surface area contributed by atoms with E-state index in [0.717, 1.165) is 19.3 Å². The van der Waals surface area contributed by atoms with Gasteiger partial charge in [0.1, 0.15) is 11.6 Å². The van der Waals surface area contributed by atoms with Crippen molar-refractivity contribution in [1.82, 2.24) is 10.2 Å². The maximum absolute atomic E-state index is 13.5. The SMILES string of the molecule is COc1cc(/C=C/C(=O)NC2(C(=O)N3CCCC3C(=O)OC(C)CC3CCC(C)(C)C3(C)C)CC2)ccc1O. The summed E-state index contributed by atoms with van der Waals surface area (Å²) in [5.74, 6) is -0.128. The summed E-state index contributed by atoms with van der Waals surface area (Å²) in [7, 11) is 1.46. The van der Waals surface area contributed by atoms with Crippen molar-refractivity contribution < 1.29 is 29.0 Å². The highest BCUT2D eigenvalue weighted by Crippen LogP contribution is 2.57. The number of esters is 1. The molecule has 8 heteroatoms. The summed E-state index contributed by atoms with van der Waals surface area (Å²) >= 11 is 0. The molecule has 1 heterocycles. The Balaban J connectivity index is 1.34. The molecule has 3 atom stereocenters. The van der Waals surface area contributed by atoms with Crippen LogP contribution in [0.4, 0.5) is 0 Å². The first-order chi connectivity index (χ1) is 18.3. The van der Waals surface area contributed by atoms with Crippen molar-refractivity contribution >= 4 is 23.9 Å². The fourth-order valence-corrected chi connectivity index (χ4v) is 6.20. The molecule has 2 aliphatic carbocycles. The minimum atomic E-state index is -0.970. The van der Waals surface area contributed by atoms with Gasteiger partial charge < -0.3 is 24.8 Å².